The Morgan fingerprint density at radius 3 is 1.91 bits per heavy atom. The molecule has 0 saturated heterocycles. The molecule has 23 heavy (non-hydrogen) atoms. The summed E-state index contributed by atoms with van der Waals surface area (Å²) < 4.78 is 5.02. The summed E-state index contributed by atoms with van der Waals surface area (Å²) in [6.45, 7) is 5.93. The third kappa shape index (κ3) is 13.3. The van der Waals surface area contributed by atoms with E-state index < -0.39 is 5.97 Å². The smallest absolute Gasteiger partial charge is 0.550 e. The van der Waals surface area contributed by atoms with Crippen molar-refractivity contribution in [2.24, 2.45) is 5.92 Å². The van der Waals surface area contributed by atoms with E-state index in [1.54, 1.807) is 12.1 Å². The summed E-state index contributed by atoms with van der Waals surface area (Å²) in [5.74, 6) is -0.640. The summed E-state index contributed by atoms with van der Waals surface area (Å²) in [5, 5.41) is 10.4. The first-order valence-electron chi connectivity index (χ1n) is 8.01. The van der Waals surface area contributed by atoms with E-state index in [-0.39, 0.29) is 41.4 Å². The molecule has 5 heteroatoms. The molecule has 0 heterocycles. The van der Waals surface area contributed by atoms with Crippen LogP contribution in [0.4, 0.5) is 0 Å². The van der Waals surface area contributed by atoms with Crippen LogP contribution >= 0.6 is 0 Å². The SMILES string of the molecule is CCCC(=O)Oc1ccccc1.CCCC(CCC)C(=O)[O-].[Na+]. The van der Waals surface area contributed by atoms with Crippen molar-refractivity contribution in [1.82, 2.24) is 0 Å². The molecule has 0 saturated carbocycles. The minimum atomic E-state index is -0.885. The monoisotopic (exact) mass is 330 g/mol. The van der Waals surface area contributed by atoms with Gasteiger partial charge in [-0.3, -0.25) is 4.79 Å². The third-order valence-electron chi connectivity index (χ3n) is 3.04. The Balaban J connectivity index is 0. The second kappa shape index (κ2) is 16.0. The van der Waals surface area contributed by atoms with E-state index in [9.17, 15) is 14.7 Å². The molecule has 0 aliphatic heterocycles. The summed E-state index contributed by atoms with van der Waals surface area (Å²) in [4.78, 5) is 21.4. The summed E-state index contributed by atoms with van der Waals surface area (Å²) in [7, 11) is 0. The van der Waals surface area contributed by atoms with Gasteiger partial charge in [-0.25, -0.2) is 0 Å². The van der Waals surface area contributed by atoms with Crippen molar-refractivity contribution >= 4 is 11.9 Å². The van der Waals surface area contributed by atoms with Crippen LogP contribution in [0.25, 0.3) is 0 Å². The average Bonchev–Trinajstić information content (AvgIpc) is 2.49. The van der Waals surface area contributed by atoms with Gasteiger partial charge in [0.2, 0.25) is 0 Å². The van der Waals surface area contributed by atoms with Gasteiger partial charge in [-0.1, -0.05) is 51.8 Å². The molecule has 1 rings (SSSR count). The molecular formula is C18H27NaO4. The molecule has 1 aromatic rings. The number of ether oxygens (including phenoxy) is 1. The quantitative estimate of drug-likeness (QED) is 0.392. The van der Waals surface area contributed by atoms with Crippen LogP contribution in [0, 0.1) is 5.92 Å². The van der Waals surface area contributed by atoms with Crippen molar-refractivity contribution in [1.29, 1.82) is 0 Å². The number of para-hydroxylation sites is 1. The van der Waals surface area contributed by atoms with E-state index in [1.165, 1.54) is 0 Å². The first-order chi connectivity index (χ1) is 10.5. The second-order valence-corrected chi connectivity index (χ2v) is 5.13. The maximum Gasteiger partial charge on any atom is 1.00 e. The Bertz CT molecular complexity index is 414. The number of benzene rings is 1. The van der Waals surface area contributed by atoms with Crippen molar-refractivity contribution in [3.8, 4) is 5.75 Å². The fraction of sp³-hybridized carbons (Fsp3) is 0.556. The normalized spacial score (nSPS) is 9.39. The fourth-order valence-corrected chi connectivity index (χ4v) is 1.95. The molecule has 0 fully saturated rings. The maximum absolute atomic E-state index is 11.0. The topological polar surface area (TPSA) is 66.4 Å². The van der Waals surface area contributed by atoms with Gasteiger partial charge < -0.3 is 14.6 Å². The molecule has 0 unspecified atom stereocenters. The summed E-state index contributed by atoms with van der Waals surface area (Å²) in [6, 6.07) is 9.11. The minimum absolute atomic E-state index is 0. The molecule has 124 valence electrons. The van der Waals surface area contributed by atoms with Crippen molar-refractivity contribution in [3.63, 3.8) is 0 Å². The number of hydrogen-bond donors (Lipinski definition) is 0. The summed E-state index contributed by atoms with van der Waals surface area (Å²) >= 11 is 0. The van der Waals surface area contributed by atoms with Crippen molar-refractivity contribution in [3.05, 3.63) is 30.3 Å². The van der Waals surface area contributed by atoms with Crippen LogP contribution in [0.15, 0.2) is 30.3 Å². The van der Waals surface area contributed by atoms with E-state index in [4.69, 9.17) is 4.74 Å². The molecule has 0 aliphatic rings. The second-order valence-electron chi connectivity index (χ2n) is 5.13. The number of carboxylic acids is 1. The van der Waals surface area contributed by atoms with Crippen molar-refractivity contribution in [2.45, 2.75) is 59.3 Å². The standard InChI is InChI=1S/C10H12O2.C8H16O2.Na/c1-2-6-10(11)12-9-7-4-3-5-8-9;1-3-5-7(6-4-2)8(9)10;/h3-5,7-8H,2,6H2,1H3;7H,3-6H2,1-2H3,(H,9,10);/q;;+1/p-1. The zero-order valence-corrected chi connectivity index (χ0v) is 16.8. The Labute approximate surface area is 161 Å². The van der Waals surface area contributed by atoms with Crippen LogP contribution in [0.5, 0.6) is 5.75 Å². The van der Waals surface area contributed by atoms with Crippen LogP contribution in [-0.2, 0) is 9.59 Å². The maximum atomic E-state index is 11.0. The van der Waals surface area contributed by atoms with Crippen LogP contribution in [0.3, 0.4) is 0 Å². The molecular weight excluding hydrogens is 303 g/mol. The Hall–Kier alpha value is -0.840. The van der Waals surface area contributed by atoms with Crippen molar-refractivity contribution in [2.75, 3.05) is 0 Å². The average molecular weight is 330 g/mol. The molecule has 0 radical (unpaired) electrons. The number of aliphatic carboxylic acids is 1. The van der Waals surface area contributed by atoms with Gasteiger partial charge in [0.05, 0.1) is 0 Å². The Morgan fingerprint density at radius 1 is 1.00 bits per heavy atom. The molecule has 0 aromatic heterocycles. The van der Waals surface area contributed by atoms with Crippen LogP contribution < -0.4 is 39.4 Å². The fourth-order valence-electron chi connectivity index (χ4n) is 1.95. The van der Waals surface area contributed by atoms with Gasteiger partial charge in [-0.15, -0.1) is 0 Å². The van der Waals surface area contributed by atoms with E-state index >= 15 is 0 Å². The number of rotatable bonds is 8. The number of carbonyl (C=O) groups is 2. The first kappa shape index (κ1) is 24.4. The first-order valence-corrected chi connectivity index (χ1v) is 8.01. The predicted molar refractivity (Wildman–Crippen MR) is 85.3 cm³/mol. The molecule has 0 amide bonds. The largest absolute Gasteiger partial charge is 1.00 e. The van der Waals surface area contributed by atoms with E-state index in [2.05, 4.69) is 0 Å². The zero-order valence-electron chi connectivity index (χ0n) is 14.8. The molecule has 0 N–H and O–H groups in total. The van der Waals surface area contributed by atoms with Gasteiger partial charge in [0, 0.05) is 12.4 Å². The molecule has 0 spiro atoms. The number of esters is 1. The van der Waals surface area contributed by atoms with E-state index in [0.29, 0.717) is 12.2 Å². The van der Waals surface area contributed by atoms with Gasteiger partial charge in [0.25, 0.3) is 0 Å². The Kier molecular flexibility index (Phi) is 17.0. The van der Waals surface area contributed by atoms with Crippen LogP contribution in [-0.4, -0.2) is 11.9 Å². The van der Waals surface area contributed by atoms with Gasteiger partial charge >= 0.3 is 35.5 Å². The summed E-state index contributed by atoms with van der Waals surface area (Å²) in [5.41, 5.74) is 0. The van der Waals surface area contributed by atoms with Gasteiger partial charge in [0.15, 0.2) is 0 Å². The van der Waals surface area contributed by atoms with Crippen molar-refractivity contribution < 1.29 is 49.0 Å². The third-order valence-corrected chi connectivity index (χ3v) is 3.04. The summed E-state index contributed by atoms with van der Waals surface area (Å²) in [6.07, 6.45) is 4.68. The van der Waals surface area contributed by atoms with Crippen LogP contribution in [0.1, 0.15) is 59.3 Å². The zero-order chi connectivity index (χ0) is 16.8. The number of hydrogen-bond acceptors (Lipinski definition) is 4. The predicted octanol–water partition coefficient (Wildman–Crippen LogP) is 0.349. The Morgan fingerprint density at radius 2 is 1.52 bits per heavy atom. The number of carbonyl (C=O) groups excluding carboxylic acids is 2. The van der Waals surface area contributed by atoms with E-state index in [0.717, 1.165) is 32.1 Å². The van der Waals surface area contributed by atoms with Gasteiger partial charge in [0.1, 0.15) is 5.75 Å². The molecule has 1 aromatic carbocycles. The van der Waals surface area contributed by atoms with Gasteiger partial charge in [-0.2, -0.15) is 0 Å². The molecule has 4 nitrogen and oxygen atoms in total. The molecule has 0 bridgehead atoms. The van der Waals surface area contributed by atoms with E-state index in [1.807, 2.05) is 39.0 Å². The molecule has 0 atom stereocenters. The van der Waals surface area contributed by atoms with Gasteiger partial charge in [-0.05, 0) is 37.3 Å². The molecule has 0 aliphatic carbocycles. The number of carboxylic acid groups (broad SMARTS) is 1. The minimum Gasteiger partial charge on any atom is -0.550 e. The van der Waals surface area contributed by atoms with Crippen LogP contribution in [0.2, 0.25) is 0 Å².